The molecular weight excluding hydrogens is 278 g/mol. The fourth-order valence-electron chi connectivity index (χ4n) is 2.77. The van der Waals surface area contributed by atoms with Crippen molar-refractivity contribution < 1.29 is 4.52 Å². The van der Waals surface area contributed by atoms with Crippen LogP contribution in [0, 0.1) is 0 Å². The Balaban J connectivity index is 1.70. The van der Waals surface area contributed by atoms with E-state index in [-0.39, 0.29) is 5.95 Å². The van der Waals surface area contributed by atoms with Gasteiger partial charge in [-0.15, -0.1) is 0 Å². The molecule has 0 saturated heterocycles. The van der Waals surface area contributed by atoms with Crippen molar-refractivity contribution in [3.05, 3.63) is 53.9 Å². The van der Waals surface area contributed by atoms with Crippen molar-refractivity contribution in [3.8, 4) is 11.3 Å². The molecule has 0 amide bonds. The predicted octanol–water partition coefficient (Wildman–Crippen LogP) is 2.28. The third-order valence-electron chi connectivity index (χ3n) is 3.86. The monoisotopic (exact) mass is 293 g/mol. The Morgan fingerprint density at radius 1 is 1.14 bits per heavy atom. The van der Waals surface area contributed by atoms with E-state index in [9.17, 15) is 0 Å². The molecule has 1 aromatic carbocycles. The van der Waals surface area contributed by atoms with Crippen molar-refractivity contribution in [3.63, 3.8) is 0 Å². The Morgan fingerprint density at radius 2 is 2.00 bits per heavy atom. The third-order valence-corrected chi connectivity index (χ3v) is 3.86. The molecule has 4 rings (SSSR count). The molecule has 0 spiro atoms. The van der Waals surface area contributed by atoms with Gasteiger partial charge in [0.05, 0.1) is 6.54 Å². The topological polar surface area (TPSA) is 81.1 Å². The van der Waals surface area contributed by atoms with Crippen LogP contribution in [0.25, 0.3) is 11.3 Å². The van der Waals surface area contributed by atoms with Crippen LogP contribution in [0.2, 0.25) is 0 Å². The van der Waals surface area contributed by atoms with Crippen molar-refractivity contribution in [1.82, 2.24) is 15.1 Å². The Hall–Kier alpha value is -2.89. The van der Waals surface area contributed by atoms with Crippen LogP contribution in [0.4, 0.5) is 11.8 Å². The number of hydrogen-bond donors (Lipinski definition) is 1. The first-order valence-corrected chi connectivity index (χ1v) is 7.17. The van der Waals surface area contributed by atoms with Gasteiger partial charge in [-0.3, -0.25) is 0 Å². The van der Waals surface area contributed by atoms with Crippen molar-refractivity contribution in [2.75, 3.05) is 17.2 Å². The van der Waals surface area contributed by atoms with Gasteiger partial charge in [-0.1, -0.05) is 35.5 Å². The van der Waals surface area contributed by atoms with Crippen molar-refractivity contribution in [2.45, 2.75) is 13.0 Å². The minimum absolute atomic E-state index is 0.289. The molecule has 2 aromatic heterocycles. The van der Waals surface area contributed by atoms with E-state index in [0.29, 0.717) is 6.54 Å². The second-order valence-electron chi connectivity index (χ2n) is 5.24. The number of nitrogens with two attached hydrogens (primary N) is 1. The highest BCUT2D eigenvalue weighted by Crippen LogP contribution is 2.31. The number of fused-ring (bicyclic) bond motifs is 1. The van der Waals surface area contributed by atoms with E-state index >= 15 is 0 Å². The summed E-state index contributed by atoms with van der Waals surface area (Å²) in [4.78, 5) is 10.4. The summed E-state index contributed by atoms with van der Waals surface area (Å²) < 4.78 is 5.52. The first kappa shape index (κ1) is 12.8. The molecule has 3 heterocycles. The number of aromatic nitrogens is 3. The summed E-state index contributed by atoms with van der Waals surface area (Å²) in [5.41, 5.74) is 8.77. The van der Waals surface area contributed by atoms with Crippen LogP contribution in [-0.4, -0.2) is 21.7 Å². The number of benzene rings is 1. The molecule has 0 atom stereocenters. The highest BCUT2D eigenvalue weighted by Gasteiger charge is 2.25. The van der Waals surface area contributed by atoms with Gasteiger partial charge in [0.15, 0.2) is 0 Å². The van der Waals surface area contributed by atoms with E-state index in [2.05, 4.69) is 20.0 Å². The standard InChI is InChI=1S/C16H15N5O/c17-16-18-8-6-14(19-16)21-9-7-13-12(10-21)15(20-22-13)11-4-2-1-3-5-11/h1-6,8H,7,9-10H2,(H2,17,18,19). The van der Waals surface area contributed by atoms with Crippen molar-refractivity contribution in [2.24, 2.45) is 0 Å². The lowest BCUT2D eigenvalue weighted by Crippen LogP contribution is -2.30. The van der Waals surface area contributed by atoms with Crippen LogP contribution in [-0.2, 0) is 13.0 Å². The van der Waals surface area contributed by atoms with Gasteiger partial charge >= 0.3 is 0 Å². The van der Waals surface area contributed by atoms with Crippen LogP contribution in [0.15, 0.2) is 47.1 Å². The Morgan fingerprint density at radius 3 is 2.82 bits per heavy atom. The van der Waals surface area contributed by atoms with Gasteiger partial charge < -0.3 is 15.2 Å². The zero-order valence-electron chi connectivity index (χ0n) is 11.9. The summed E-state index contributed by atoms with van der Waals surface area (Å²) >= 11 is 0. The van der Waals surface area contributed by atoms with E-state index < -0.39 is 0 Å². The fraction of sp³-hybridized carbons (Fsp3) is 0.188. The minimum Gasteiger partial charge on any atom is -0.368 e. The van der Waals surface area contributed by atoms with Gasteiger partial charge in [0.2, 0.25) is 5.95 Å². The van der Waals surface area contributed by atoms with E-state index in [1.165, 1.54) is 0 Å². The Labute approximate surface area is 127 Å². The maximum absolute atomic E-state index is 5.68. The summed E-state index contributed by atoms with van der Waals surface area (Å²) in [6.07, 6.45) is 2.48. The normalized spacial score (nSPS) is 13.9. The van der Waals surface area contributed by atoms with E-state index in [1.54, 1.807) is 6.20 Å². The Kier molecular flexibility index (Phi) is 3.00. The summed E-state index contributed by atoms with van der Waals surface area (Å²) in [5.74, 6) is 2.08. The quantitative estimate of drug-likeness (QED) is 0.780. The first-order valence-electron chi connectivity index (χ1n) is 7.17. The number of rotatable bonds is 2. The van der Waals surface area contributed by atoms with Gasteiger partial charge in [-0.05, 0) is 6.07 Å². The van der Waals surface area contributed by atoms with Gasteiger partial charge in [0, 0.05) is 30.3 Å². The van der Waals surface area contributed by atoms with Gasteiger partial charge in [0.25, 0.3) is 0 Å². The fourth-order valence-corrected chi connectivity index (χ4v) is 2.77. The van der Waals surface area contributed by atoms with Crippen molar-refractivity contribution >= 4 is 11.8 Å². The number of hydrogen-bond acceptors (Lipinski definition) is 6. The maximum Gasteiger partial charge on any atom is 0.221 e. The lowest BCUT2D eigenvalue weighted by molar-refractivity contribution is 0.379. The lowest BCUT2D eigenvalue weighted by atomic mass is 10.0. The molecule has 0 aliphatic carbocycles. The lowest BCUT2D eigenvalue weighted by Gasteiger charge is -2.27. The third kappa shape index (κ3) is 2.18. The zero-order chi connectivity index (χ0) is 14.9. The van der Waals surface area contributed by atoms with Gasteiger partial charge in [-0.2, -0.15) is 4.98 Å². The summed E-state index contributed by atoms with van der Waals surface area (Å²) in [5, 5.41) is 4.25. The molecular formula is C16H15N5O. The number of nitrogen functional groups attached to an aromatic ring is 1. The van der Waals surface area contributed by atoms with E-state index in [0.717, 1.165) is 41.4 Å². The van der Waals surface area contributed by atoms with Crippen LogP contribution in [0.1, 0.15) is 11.3 Å². The second kappa shape index (κ2) is 5.14. The number of anilines is 2. The summed E-state index contributed by atoms with van der Waals surface area (Å²) in [7, 11) is 0. The smallest absolute Gasteiger partial charge is 0.221 e. The molecule has 0 saturated carbocycles. The minimum atomic E-state index is 0.289. The SMILES string of the molecule is Nc1nccc(N2CCc3onc(-c4ccccc4)c3C2)n1. The molecule has 1 aliphatic heterocycles. The Bertz CT molecular complexity index is 799. The molecule has 0 bridgehead atoms. The zero-order valence-corrected chi connectivity index (χ0v) is 11.9. The van der Waals surface area contributed by atoms with Crippen LogP contribution in [0.5, 0.6) is 0 Å². The average Bonchev–Trinajstić information content (AvgIpc) is 2.99. The molecule has 22 heavy (non-hydrogen) atoms. The molecule has 1 aliphatic rings. The molecule has 3 aromatic rings. The summed E-state index contributed by atoms with van der Waals surface area (Å²) in [6.45, 7) is 1.53. The summed E-state index contributed by atoms with van der Waals surface area (Å²) in [6, 6.07) is 12.0. The molecule has 0 unspecified atom stereocenters. The van der Waals surface area contributed by atoms with Crippen LogP contribution >= 0.6 is 0 Å². The molecule has 0 radical (unpaired) electrons. The second-order valence-corrected chi connectivity index (χ2v) is 5.24. The average molecular weight is 293 g/mol. The van der Waals surface area contributed by atoms with E-state index in [1.807, 2.05) is 36.4 Å². The van der Waals surface area contributed by atoms with Crippen molar-refractivity contribution in [1.29, 1.82) is 0 Å². The largest absolute Gasteiger partial charge is 0.368 e. The highest BCUT2D eigenvalue weighted by molar-refractivity contribution is 5.64. The number of nitrogens with zero attached hydrogens (tertiary/aromatic N) is 4. The van der Waals surface area contributed by atoms with Crippen LogP contribution in [0.3, 0.4) is 0 Å². The molecule has 6 nitrogen and oxygen atoms in total. The van der Waals surface area contributed by atoms with Gasteiger partial charge in [0.1, 0.15) is 17.3 Å². The highest BCUT2D eigenvalue weighted by atomic mass is 16.5. The van der Waals surface area contributed by atoms with Gasteiger partial charge in [-0.25, -0.2) is 4.98 Å². The maximum atomic E-state index is 5.68. The first-order chi connectivity index (χ1) is 10.8. The predicted molar refractivity (Wildman–Crippen MR) is 83.1 cm³/mol. The molecule has 6 heteroatoms. The van der Waals surface area contributed by atoms with E-state index in [4.69, 9.17) is 10.3 Å². The van der Waals surface area contributed by atoms with Crippen LogP contribution < -0.4 is 10.6 Å². The molecule has 2 N–H and O–H groups in total. The molecule has 0 fully saturated rings. The molecule has 110 valence electrons.